The van der Waals surface area contributed by atoms with Crippen molar-refractivity contribution in [3.8, 4) is 22.5 Å². The molecule has 13 heteroatoms. The van der Waals surface area contributed by atoms with Gasteiger partial charge in [-0.15, -0.1) is 10.2 Å². The smallest absolute Gasteiger partial charge is 0.323 e. The fourth-order valence-electron chi connectivity index (χ4n) is 5.03. The minimum absolute atomic E-state index is 0.0447. The zero-order chi connectivity index (χ0) is 31.5. The number of unbranched alkanes of at least 4 members (excludes halogenated alkanes) is 2. The van der Waals surface area contributed by atoms with Crippen molar-refractivity contribution >= 4 is 23.5 Å². The third-order valence-corrected chi connectivity index (χ3v) is 7.84. The van der Waals surface area contributed by atoms with E-state index in [-0.39, 0.29) is 19.7 Å². The molecule has 2 aromatic carbocycles. The Labute approximate surface area is 261 Å². The number of esters is 1. The summed E-state index contributed by atoms with van der Waals surface area (Å²) in [7, 11) is 1.74. The minimum Gasteiger partial charge on any atom is -0.481 e. The molecule has 0 radical (unpaired) electrons. The number of rotatable bonds is 17. The molecule has 0 aliphatic carbocycles. The van der Waals surface area contributed by atoms with Gasteiger partial charge in [0, 0.05) is 31.6 Å². The maximum Gasteiger partial charge on any atom is 0.323 e. The van der Waals surface area contributed by atoms with Crippen LogP contribution in [0.2, 0.25) is 5.15 Å². The third-order valence-electron chi connectivity index (χ3n) is 7.54. The number of benzene rings is 2. The van der Waals surface area contributed by atoms with Crippen LogP contribution in [0.5, 0.6) is 0 Å². The fourth-order valence-corrected chi connectivity index (χ4v) is 5.28. The molecule has 0 aliphatic heterocycles. The standard InChI is InChI=1S/C31H39ClN8O4/c1-3-4-12-27-34-29(32)26(19-44-31(43)25(39(2)20-33)11-7-8-13-28(41)42)40(27)18-21-14-16-22(17-15-21)23-9-5-6-10-24(23)30-35-37-38-36-30/h5-6,9-10,14-17,25H,3-4,7-8,11-13,18-20,33H2,1-2H3,(H,41,42)(H,35,36,37,38). The van der Waals surface area contributed by atoms with Crippen LogP contribution in [0.3, 0.4) is 0 Å². The molecule has 2 heterocycles. The highest BCUT2D eigenvalue weighted by molar-refractivity contribution is 6.30. The molecule has 44 heavy (non-hydrogen) atoms. The molecule has 0 fully saturated rings. The van der Waals surface area contributed by atoms with Gasteiger partial charge in [-0.1, -0.05) is 79.9 Å². The molecule has 234 valence electrons. The summed E-state index contributed by atoms with van der Waals surface area (Å²) in [5.41, 5.74) is 10.3. The zero-order valence-electron chi connectivity index (χ0n) is 25.1. The number of aromatic amines is 1. The van der Waals surface area contributed by atoms with Crippen molar-refractivity contribution in [2.45, 2.75) is 71.1 Å². The summed E-state index contributed by atoms with van der Waals surface area (Å²) in [6.07, 6.45) is 4.20. The van der Waals surface area contributed by atoms with Crippen molar-refractivity contribution in [3.05, 3.63) is 70.8 Å². The van der Waals surface area contributed by atoms with Gasteiger partial charge in [-0.2, -0.15) is 5.21 Å². The molecule has 4 N–H and O–H groups in total. The summed E-state index contributed by atoms with van der Waals surface area (Å²) in [4.78, 5) is 30.4. The lowest BCUT2D eigenvalue weighted by atomic mass is 9.98. The number of nitrogens with zero attached hydrogens (tertiary/aromatic N) is 6. The number of carbonyl (C=O) groups excluding carboxylic acids is 1. The van der Waals surface area contributed by atoms with Crippen LogP contribution in [0.1, 0.15) is 62.5 Å². The second kappa shape index (κ2) is 16.1. The molecular formula is C31H39ClN8O4. The highest BCUT2D eigenvalue weighted by atomic mass is 35.5. The maximum absolute atomic E-state index is 13.2. The number of imidazole rings is 1. The number of aromatic nitrogens is 6. The van der Waals surface area contributed by atoms with Gasteiger partial charge < -0.3 is 20.1 Å². The lowest BCUT2D eigenvalue weighted by Gasteiger charge is -2.25. The molecule has 0 bridgehead atoms. The Balaban J connectivity index is 1.52. The van der Waals surface area contributed by atoms with E-state index in [0.29, 0.717) is 42.5 Å². The van der Waals surface area contributed by atoms with Crippen molar-refractivity contribution in [1.29, 1.82) is 0 Å². The van der Waals surface area contributed by atoms with Crippen molar-refractivity contribution in [1.82, 2.24) is 35.1 Å². The molecule has 4 rings (SSSR count). The Morgan fingerprint density at radius 1 is 1.11 bits per heavy atom. The van der Waals surface area contributed by atoms with Crippen LogP contribution in [-0.2, 0) is 33.9 Å². The van der Waals surface area contributed by atoms with E-state index in [1.165, 1.54) is 0 Å². The maximum atomic E-state index is 13.2. The molecule has 1 atom stereocenters. The highest BCUT2D eigenvalue weighted by Crippen LogP contribution is 2.30. The lowest BCUT2D eigenvalue weighted by molar-refractivity contribution is -0.151. The Morgan fingerprint density at radius 3 is 2.52 bits per heavy atom. The number of nitrogens with one attached hydrogen (secondary N) is 1. The largest absolute Gasteiger partial charge is 0.481 e. The fraction of sp³-hybridized carbons (Fsp3) is 0.419. The molecule has 0 spiro atoms. The first-order valence-electron chi connectivity index (χ1n) is 14.8. The van der Waals surface area contributed by atoms with Gasteiger partial charge in [0.25, 0.3) is 0 Å². The summed E-state index contributed by atoms with van der Waals surface area (Å²) in [6, 6.07) is 15.5. The number of hydrogen-bond donors (Lipinski definition) is 3. The van der Waals surface area contributed by atoms with E-state index in [1.54, 1.807) is 11.9 Å². The molecule has 0 aliphatic rings. The average molecular weight is 623 g/mol. The van der Waals surface area contributed by atoms with E-state index in [2.05, 4.69) is 56.8 Å². The normalized spacial score (nSPS) is 12.0. The lowest BCUT2D eigenvalue weighted by Crippen LogP contribution is -2.42. The van der Waals surface area contributed by atoms with Gasteiger partial charge in [0.05, 0.1) is 5.69 Å². The molecule has 4 aromatic rings. The van der Waals surface area contributed by atoms with Gasteiger partial charge in [-0.25, -0.2) is 4.98 Å². The average Bonchev–Trinajstić information content (AvgIpc) is 3.67. The predicted molar refractivity (Wildman–Crippen MR) is 167 cm³/mol. The van der Waals surface area contributed by atoms with Gasteiger partial charge in [0.15, 0.2) is 5.15 Å². The summed E-state index contributed by atoms with van der Waals surface area (Å²) < 4.78 is 7.81. The number of nitrogens with two attached hydrogens (primary N) is 1. The third kappa shape index (κ3) is 8.49. The van der Waals surface area contributed by atoms with Crippen LogP contribution < -0.4 is 5.73 Å². The number of hydrogen-bond acceptors (Lipinski definition) is 9. The minimum atomic E-state index is -0.860. The SMILES string of the molecule is CCCCc1nc(Cl)c(COC(=O)C(CCCCC(=O)O)N(C)CN)n1Cc1ccc(-c2ccccc2-c2nn[nH]n2)cc1. The van der Waals surface area contributed by atoms with Gasteiger partial charge in [0.2, 0.25) is 5.82 Å². The van der Waals surface area contributed by atoms with Crippen LogP contribution in [0, 0.1) is 0 Å². The number of halogens is 1. The Morgan fingerprint density at radius 2 is 1.86 bits per heavy atom. The number of carboxylic acid groups (broad SMARTS) is 1. The first kappa shape index (κ1) is 32.8. The Hall–Kier alpha value is -4.13. The van der Waals surface area contributed by atoms with Crippen molar-refractivity contribution in [2.75, 3.05) is 13.7 Å². The van der Waals surface area contributed by atoms with Crippen molar-refractivity contribution < 1.29 is 19.4 Å². The quantitative estimate of drug-likeness (QED) is 0.0855. The monoisotopic (exact) mass is 622 g/mol. The van der Waals surface area contributed by atoms with Crippen LogP contribution in [-0.4, -0.2) is 71.9 Å². The molecular weight excluding hydrogens is 584 g/mol. The molecule has 0 saturated heterocycles. The highest BCUT2D eigenvalue weighted by Gasteiger charge is 2.25. The second-order valence-electron chi connectivity index (χ2n) is 10.6. The van der Waals surface area contributed by atoms with Gasteiger partial charge in [-0.3, -0.25) is 14.5 Å². The first-order valence-corrected chi connectivity index (χ1v) is 15.1. The van der Waals surface area contributed by atoms with Crippen molar-refractivity contribution in [3.63, 3.8) is 0 Å². The number of tetrazole rings is 1. The Bertz CT molecular complexity index is 1510. The van der Waals surface area contributed by atoms with E-state index in [0.717, 1.165) is 47.3 Å². The number of likely N-dealkylation sites (N-methyl/N-ethyl adjacent to an activating group) is 1. The van der Waals surface area contributed by atoms with E-state index in [9.17, 15) is 9.59 Å². The molecule has 0 saturated carbocycles. The van der Waals surface area contributed by atoms with Gasteiger partial charge >= 0.3 is 11.9 Å². The summed E-state index contributed by atoms with van der Waals surface area (Å²) in [5.74, 6) is 0.0644. The summed E-state index contributed by atoms with van der Waals surface area (Å²) in [5, 5.41) is 23.7. The molecule has 2 aromatic heterocycles. The van der Waals surface area contributed by atoms with E-state index < -0.39 is 18.0 Å². The zero-order valence-corrected chi connectivity index (χ0v) is 25.8. The Kier molecular flexibility index (Phi) is 12.0. The van der Waals surface area contributed by atoms with Crippen LogP contribution in [0.4, 0.5) is 0 Å². The van der Waals surface area contributed by atoms with Crippen molar-refractivity contribution in [2.24, 2.45) is 5.73 Å². The van der Waals surface area contributed by atoms with E-state index >= 15 is 0 Å². The van der Waals surface area contributed by atoms with E-state index in [1.807, 2.05) is 28.8 Å². The first-order chi connectivity index (χ1) is 21.3. The number of ether oxygens (including phenoxy) is 1. The van der Waals surface area contributed by atoms with Crippen LogP contribution in [0.25, 0.3) is 22.5 Å². The number of carbonyl (C=O) groups is 2. The summed E-state index contributed by atoms with van der Waals surface area (Å²) in [6.45, 7) is 2.73. The molecule has 0 amide bonds. The number of aryl methyl sites for hydroxylation is 1. The summed E-state index contributed by atoms with van der Waals surface area (Å²) >= 11 is 6.62. The second-order valence-corrected chi connectivity index (χ2v) is 11.0. The van der Waals surface area contributed by atoms with Gasteiger partial charge in [-0.05, 0) is 48.2 Å². The van der Waals surface area contributed by atoms with Crippen LogP contribution >= 0.6 is 11.6 Å². The molecule has 1 unspecified atom stereocenters. The number of aliphatic carboxylic acids is 1. The number of H-pyrrole nitrogens is 1. The molecule has 12 nitrogen and oxygen atoms in total. The number of carboxylic acids is 1. The van der Waals surface area contributed by atoms with Crippen LogP contribution in [0.15, 0.2) is 48.5 Å². The van der Waals surface area contributed by atoms with E-state index in [4.69, 9.17) is 27.2 Å². The predicted octanol–water partition coefficient (Wildman–Crippen LogP) is 4.68. The van der Waals surface area contributed by atoms with Gasteiger partial charge in [0.1, 0.15) is 18.5 Å². The topological polar surface area (TPSA) is 165 Å².